The molecule has 1 fully saturated rings. The standard InChI is InChI=1S/C13H20ClN3/c1-17-7-3-4-10(9-17)8-16-13-11(14)5-2-6-12(13)15/h2,5-6,10,16H,3-4,7-9,15H2,1H3. The monoisotopic (exact) mass is 253 g/mol. The van der Waals surface area contributed by atoms with Gasteiger partial charge in [0, 0.05) is 13.1 Å². The Morgan fingerprint density at radius 2 is 2.35 bits per heavy atom. The van der Waals surface area contributed by atoms with Gasteiger partial charge in [0.2, 0.25) is 0 Å². The van der Waals surface area contributed by atoms with Crippen molar-refractivity contribution in [2.45, 2.75) is 12.8 Å². The molecular weight excluding hydrogens is 234 g/mol. The fourth-order valence-electron chi connectivity index (χ4n) is 2.41. The van der Waals surface area contributed by atoms with Gasteiger partial charge < -0.3 is 16.0 Å². The van der Waals surface area contributed by atoms with Gasteiger partial charge in [-0.05, 0) is 44.5 Å². The number of piperidine rings is 1. The van der Waals surface area contributed by atoms with Crippen LogP contribution in [0, 0.1) is 5.92 Å². The summed E-state index contributed by atoms with van der Waals surface area (Å²) in [6.45, 7) is 3.31. The van der Waals surface area contributed by atoms with E-state index in [2.05, 4.69) is 17.3 Å². The quantitative estimate of drug-likeness (QED) is 0.814. The first-order valence-corrected chi connectivity index (χ1v) is 6.51. The number of halogens is 1. The van der Waals surface area contributed by atoms with Crippen molar-refractivity contribution in [3.8, 4) is 0 Å². The molecule has 17 heavy (non-hydrogen) atoms. The maximum atomic E-state index is 6.12. The Morgan fingerprint density at radius 1 is 1.53 bits per heavy atom. The number of nitrogens with two attached hydrogens (primary N) is 1. The fraction of sp³-hybridized carbons (Fsp3) is 0.538. The number of nitrogen functional groups attached to an aromatic ring is 1. The normalized spacial score (nSPS) is 21.4. The van der Waals surface area contributed by atoms with E-state index in [1.807, 2.05) is 18.2 Å². The van der Waals surface area contributed by atoms with Crippen LogP contribution in [0.4, 0.5) is 11.4 Å². The lowest BCUT2D eigenvalue weighted by Gasteiger charge is -2.30. The molecule has 1 atom stereocenters. The Labute approximate surface area is 108 Å². The van der Waals surface area contributed by atoms with E-state index in [1.165, 1.54) is 19.4 Å². The summed E-state index contributed by atoms with van der Waals surface area (Å²) < 4.78 is 0. The van der Waals surface area contributed by atoms with Crippen molar-refractivity contribution >= 4 is 23.0 Å². The molecule has 0 spiro atoms. The van der Waals surface area contributed by atoms with E-state index in [-0.39, 0.29) is 0 Å². The summed E-state index contributed by atoms with van der Waals surface area (Å²) in [5.74, 6) is 0.685. The molecule has 4 heteroatoms. The Kier molecular flexibility index (Phi) is 4.13. The van der Waals surface area contributed by atoms with E-state index in [9.17, 15) is 0 Å². The van der Waals surface area contributed by atoms with Gasteiger partial charge in [-0.2, -0.15) is 0 Å². The number of hydrogen-bond acceptors (Lipinski definition) is 3. The summed E-state index contributed by atoms with van der Waals surface area (Å²) in [6.07, 6.45) is 2.56. The molecule has 0 amide bonds. The van der Waals surface area contributed by atoms with E-state index in [0.29, 0.717) is 10.9 Å². The maximum Gasteiger partial charge on any atom is 0.0763 e. The molecule has 1 aromatic carbocycles. The van der Waals surface area contributed by atoms with Crippen molar-refractivity contribution in [3.63, 3.8) is 0 Å². The van der Waals surface area contributed by atoms with Crippen molar-refractivity contribution in [3.05, 3.63) is 23.2 Å². The molecule has 0 aromatic heterocycles. The van der Waals surface area contributed by atoms with Gasteiger partial charge in [0.15, 0.2) is 0 Å². The molecule has 1 aliphatic rings. The number of para-hydroxylation sites is 1. The molecule has 3 nitrogen and oxygen atoms in total. The lowest BCUT2D eigenvalue weighted by molar-refractivity contribution is 0.217. The Bertz CT molecular complexity index is 361. The van der Waals surface area contributed by atoms with Crippen molar-refractivity contribution in [2.24, 2.45) is 5.92 Å². The van der Waals surface area contributed by atoms with Crippen molar-refractivity contribution in [2.75, 3.05) is 37.7 Å². The van der Waals surface area contributed by atoms with Crippen molar-refractivity contribution in [1.82, 2.24) is 4.90 Å². The zero-order valence-electron chi connectivity index (χ0n) is 10.2. The van der Waals surface area contributed by atoms with Crippen LogP contribution < -0.4 is 11.1 Å². The van der Waals surface area contributed by atoms with Gasteiger partial charge in [0.05, 0.1) is 16.4 Å². The zero-order valence-corrected chi connectivity index (χ0v) is 11.0. The third kappa shape index (κ3) is 3.27. The number of anilines is 2. The van der Waals surface area contributed by atoms with Crippen LogP contribution in [-0.2, 0) is 0 Å². The molecule has 0 aliphatic carbocycles. The fourth-order valence-corrected chi connectivity index (χ4v) is 2.66. The van der Waals surface area contributed by atoms with Crippen LogP contribution in [0.3, 0.4) is 0 Å². The molecular formula is C13H20ClN3. The molecule has 94 valence electrons. The van der Waals surface area contributed by atoms with E-state index < -0.39 is 0 Å². The minimum atomic E-state index is 0.685. The molecule has 1 unspecified atom stereocenters. The highest BCUT2D eigenvalue weighted by atomic mass is 35.5. The average molecular weight is 254 g/mol. The smallest absolute Gasteiger partial charge is 0.0763 e. The van der Waals surface area contributed by atoms with Gasteiger partial charge >= 0.3 is 0 Å². The number of hydrogen-bond donors (Lipinski definition) is 2. The molecule has 0 radical (unpaired) electrons. The summed E-state index contributed by atoms with van der Waals surface area (Å²) in [4.78, 5) is 2.38. The third-order valence-electron chi connectivity index (χ3n) is 3.34. The molecule has 1 saturated heterocycles. The summed E-state index contributed by atoms with van der Waals surface area (Å²) in [7, 11) is 2.18. The van der Waals surface area contributed by atoms with E-state index in [1.54, 1.807) is 0 Å². The predicted molar refractivity (Wildman–Crippen MR) is 74.6 cm³/mol. The van der Waals surface area contributed by atoms with Crippen LogP contribution in [-0.4, -0.2) is 31.6 Å². The first-order valence-electron chi connectivity index (χ1n) is 6.13. The van der Waals surface area contributed by atoms with E-state index in [0.717, 1.165) is 24.5 Å². The Morgan fingerprint density at radius 3 is 3.06 bits per heavy atom. The average Bonchev–Trinajstić information content (AvgIpc) is 2.28. The summed E-state index contributed by atoms with van der Waals surface area (Å²) in [5, 5.41) is 4.09. The Balaban J connectivity index is 1.93. The van der Waals surface area contributed by atoms with E-state index >= 15 is 0 Å². The molecule has 0 bridgehead atoms. The molecule has 3 N–H and O–H groups in total. The van der Waals surface area contributed by atoms with Crippen LogP contribution in [0.15, 0.2) is 18.2 Å². The SMILES string of the molecule is CN1CCCC(CNc2c(N)cccc2Cl)C1. The van der Waals surface area contributed by atoms with Gasteiger partial charge in [-0.3, -0.25) is 0 Å². The third-order valence-corrected chi connectivity index (χ3v) is 3.65. The number of nitrogens with zero attached hydrogens (tertiary/aromatic N) is 1. The minimum Gasteiger partial charge on any atom is -0.397 e. The molecule has 0 saturated carbocycles. The second kappa shape index (κ2) is 5.61. The molecule has 1 aromatic rings. The first kappa shape index (κ1) is 12.5. The lowest BCUT2D eigenvalue weighted by atomic mass is 9.98. The topological polar surface area (TPSA) is 41.3 Å². The Hall–Kier alpha value is -0.930. The van der Waals surface area contributed by atoms with Crippen LogP contribution >= 0.6 is 11.6 Å². The second-order valence-corrected chi connectivity index (χ2v) is 5.26. The van der Waals surface area contributed by atoms with Gasteiger partial charge in [-0.25, -0.2) is 0 Å². The van der Waals surface area contributed by atoms with Crippen molar-refractivity contribution in [1.29, 1.82) is 0 Å². The molecule has 1 aliphatic heterocycles. The summed E-state index contributed by atoms with van der Waals surface area (Å²) >= 11 is 6.12. The van der Waals surface area contributed by atoms with Crippen LogP contribution in [0.1, 0.15) is 12.8 Å². The van der Waals surface area contributed by atoms with Gasteiger partial charge in [0.25, 0.3) is 0 Å². The first-order chi connectivity index (χ1) is 8.16. The highest BCUT2D eigenvalue weighted by Gasteiger charge is 2.17. The van der Waals surface area contributed by atoms with Crippen LogP contribution in [0.5, 0.6) is 0 Å². The summed E-state index contributed by atoms with van der Waals surface area (Å²) in [5.41, 5.74) is 7.51. The zero-order chi connectivity index (χ0) is 12.3. The largest absolute Gasteiger partial charge is 0.397 e. The van der Waals surface area contributed by atoms with Crippen LogP contribution in [0.25, 0.3) is 0 Å². The number of rotatable bonds is 3. The van der Waals surface area contributed by atoms with Gasteiger partial charge in [-0.1, -0.05) is 17.7 Å². The summed E-state index contributed by atoms with van der Waals surface area (Å²) in [6, 6.07) is 5.62. The van der Waals surface area contributed by atoms with Gasteiger partial charge in [-0.15, -0.1) is 0 Å². The predicted octanol–water partition coefficient (Wildman–Crippen LogP) is 2.68. The van der Waals surface area contributed by atoms with Gasteiger partial charge in [0.1, 0.15) is 0 Å². The minimum absolute atomic E-state index is 0.685. The second-order valence-electron chi connectivity index (χ2n) is 4.86. The van der Waals surface area contributed by atoms with Crippen molar-refractivity contribution < 1.29 is 0 Å². The number of benzene rings is 1. The van der Waals surface area contributed by atoms with E-state index in [4.69, 9.17) is 17.3 Å². The molecule has 1 heterocycles. The number of nitrogens with one attached hydrogen (secondary N) is 1. The highest BCUT2D eigenvalue weighted by molar-refractivity contribution is 6.33. The maximum absolute atomic E-state index is 6.12. The lowest BCUT2D eigenvalue weighted by Crippen LogP contribution is -2.35. The molecule has 2 rings (SSSR count). The van der Waals surface area contributed by atoms with Crippen LogP contribution in [0.2, 0.25) is 5.02 Å². The number of likely N-dealkylation sites (tertiary alicyclic amines) is 1. The highest BCUT2D eigenvalue weighted by Crippen LogP contribution is 2.28.